The molecule has 1 heterocycles. The summed E-state index contributed by atoms with van der Waals surface area (Å²) in [6, 6.07) is 6.41. The van der Waals surface area contributed by atoms with Crippen molar-refractivity contribution in [3.63, 3.8) is 0 Å². The van der Waals surface area contributed by atoms with Crippen LogP contribution in [0.3, 0.4) is 0 Å². The minimum atomic E-state index is -0.664. The Labute approximate surface area is 132 Å². The molecule has 0 fully saturated rings. The maximum atomic E-state index is 11.9. The molecular formula is C16H16N2O5. The number of rotatable bonds is 5. The lowest BCUT2D eigenvalue weighted by Gasteiger charge is -2.07. The molecule has 7 nitrogen and oxygen atoms in total. The minimum absolute atomic E-state index is 0.0590. The van der Waals surface area contributed by atoms with Crippen molar-refractivity contribution in [3.05, 3.63) is 46.8 Å². The zero-order valence-electron chi connectivity index (χ0n) is 13.0. The van der Waals surface area contributed by atoms with Crippen LogP contribution in [0.1, 0.15) is 39.1 Å². The van der Waals surface area contributed by atoms with Gasteiger partial charge in [-0.2, -0.15) is 0 Å². The molecule has 0 bridgehead atoms. The number of nitrogens with one attached hydrogen (secondary N) is 1. The van der Waals surface area contributed by atoms with Crippen LogP contribution >= 0.6 is 0 Å². The molecule has 120 valence electrons. The SMILES string of the molecule is CC(=O)c1ccc(NC(=O)COC(=O)c2c(C)noc2C)cc1. The fourth-order valence-corrected chi connectivity index (χ4v) is 1.96. The predicted octanol–water partition coefficient (Wildman–Crippen LogP) is 2.29. The Morgan fingerprint density at radius 1 is 1.17 bits per heavy atom. The molecule has 1 N–H and O–H groups in total. The number of hydrogen-bond donors (Lipinski definition) is 1. The second-order valence-electron chi connectivity index (χ2n) is 4.96. The summed E-state index contributed by atoms with van der Waals surface area (Å²) in [6.45, 7) is 4.23. The van der Waals surface area contributed by atoms with E-state index in [1.165, 1.54) is 6.92 Å². The molecular weight excluding hydrogens is 300 g/mol. The summed E-state index contributed by atoms with van der Waals surface area (Å²) >= 11 is 0. The van der Waals surface area contributed by atoms with Gasteiger partial charge in [0.05, 0.1) is 5.69 Å². The molecule has 0 aliphatic heterocycles. The number of carbonyl (C=O) groups excluding carboxylic acids is 3. The first kappa shape index (κ1) is 16.4. The number of aromatic nitrogens is 1. The molecule has 0 aliphatic rings. The summed E-state index contributed by atoms with van der Waals surface area (Å²) in [5, 5.41) is 6.22. The Bertz CT molecular complexity index is 727. The van der Waals surface area contributed by atoms with Crippen LogP contribution in [0.15, 0.2) is 28.8 Å². The van der Waals surface area contributed by atoms with Crippen LogP contribution in [0, 0.1) is 13.8 Å². The lowest BCUT2D eigenvalue weighted by atomic mass is 10.1. The van der Waals surface area contributed by atoms with E-state index in [0.717, 1.165) is 0 Å². The summed E-state index contributed by atoms with van der Waals surface area (Å²) in [7, 11) is 0. The molecule has 1 aromatic heterocycles. The number of Topliss-reactive ketones (excluding diaryl/α,β-unsaturated/α-hetero) is 1. The van der Waals surface area contributed by atoms with E-state index in [0.29, 0.717) is 22.7 Å². The molecule has 2 aromatic rings. The van der Waals surface area contributed by atoms with Crippen molar-refractivity contribution in [2.45, 2.75) is 20.8 Å². The molecule has 23 heavy (non-hydrogen) atoms. The van der Waals surface area contributed by atoms with Gasteiger partial charge in [0.15, 0.2) is 12.4 Å². The number of ether oxygens (including phenoxy) is 1. The smallest absolute Gasteiger partial charge is 0.344 e. The zero-order valence-corrected chi connectivity index (χ0v) is 13.0. The molecule has 0 saturated heterocycles. The van der Waals surface area contributed by atoms with E-state index in [1.807, 2.05) is 0 Å². The van der Waals surface area contributed by atoms with Crippen LogP contribution in [-0.4, -0.2) is 29.4 Å². The van der Waals surface area contributed by atoms with E-state index in [-0.39, 0.29) is 11.3 Å². The Hall–Kier alpha value is -2.96. The third kappa shape index (κ3) is 4.03. The number of amides is 1. The predicted molar refractivity (Wildman–Crippen MR) is 81.3 cm³/mol. The first-order chi connectivity index (χ1) is 10.9. The molecule has 0 radical (unpaired) electrons. The number of ketones is 1. The van der Waals surface area contributed by atoms with E-state index in [4.69, 9.17) is 9.26 Å². The van der Waals surface area contributed by atoms with Gasteiger partial charge in [-0.15, -0.1) is 0 Å². The van der Waals surface area contributed by atoms with Gasteiger partial charge in [-0.25, -0.2) is 4.79 Å². The van der Waals surface area contributed by atoms with Crippen LogP contribution in [0.25, 0.3) is 0 Å². The molecule has 0 saturated carbocycles. The zero-order chi connectivity index (χ0) is 17.0. The van der Waals surface area contributed by atoms with Crippen molar-refractivity contribution < 1.29 is 23.6 Å². The number of anilines is 1. The molecule has 0 unspecified atom stereocenters. The average Bonchev–Trinajstić information content (AvgIpc) is 2.84. The van der Waals surface area contributed by atoms with Crippen molar-refractivity contribution in [1.29, 1.82) is 0 Å². The van der Waals surface area contributed by atoms with Crippen LogP contribution in [0.2, 0.25) is 0 Å². The van der Waals surface area contributed by atoms with Gasteiger partial charge in [0, 0.05) is 11.3 Å². The van der Waals surface area contributed by atoms with Crippen molar-refractivity contribution in [3.8, 4) is 0 Å². The van der Waals surface area contributed by atoms with Gasteiger partial charge < -0.3 is 14.6 Å². The van der Waals surface area contributed by atoms with Crippen LogP contribution in [0.4, 0.5) is 5.69 Å². The third-order valence-electron chi connectivity index (χ3n) is 3.15. The quantitative estimate of drug-likeness (QED) is 0.671. The Morgan fingerprint density at radius 3 is 2.35 bits per heavy atom. The van der Waals surface area contributed by atoms with E-state index in [1.54, 1.807) is 38.1 Å². The second-order valence-corrected chi connectivity index (χ2v) is 4.96. The number of benzene rings is 1. The van der Waals surface area contributed by atoms with Gasteiger partial charge in [0.2, 0.25) is 0 Å². The van der Waals surface area contributed by atoms with E-state index >= 15 is 0 Å². The van der Waals surface area contributed by atoms with E-state index < -0.39 is 18.5 Å². The summed E-state index contributed by atoms with van der Waals surface area (Å²) in [5.41, 5.74) is 1.69. The highest BCUT2D eigenvalue weighted by Gasteiger charge is 2.19. The molecule has 1 amide bonds. The maximum absolute atomic E-state index is 11.9. The van der Waals surface area contributed by atoms with E-state index in [9.17, 15) is 14.4 Å². The van der Waals surface area contributed by atoms with Crippen molar-refractivity contribution >= 4 is 23.3 Å². The first-order valence-corrected chi connectivity index (χ1v) is 6.89. The fraction of sp³-hybridized carbons (Fsp3) is 0.250. The number of hydrogen-bond acceptors (Lipinski definition) is 6. The topological polar surface area (TPSA) is 98.5 Å². The largest absolute Gasteiger partial charge is 0.452 e. The molecule has 2 rings (SSSR count). The fourth-order valence-electron chi connectivity index (χ4n) is 1.96. The molecule has 0 atom stereocenters. The summed E-state index contributed by atoms with van der Waals surface area (Å²) in [4.78, 5) is 34.8. The van der Waals surface area contributed by atoms with Gasteiger partial charge >= 0.3 is 5.97 Å². The lowest BCUT2D eigenvalue weighted by molar-refractivity contribution is -0.119. The molecule has 0 aliphatic carbocycles. The van der Waals surface area contributed by atoms with E-state index in [2.05, 4.69) is 10.5 Å². The third-order valence-corrected chi connectivity index (χ3v) is 3.15. The van der Waals surface area contributed by atoms with Crippen LogP contribution < -0.4 is 5.32 Å². The second kappa shape index (κ2) is 6.87. The van der Waals surface area contributed by atoms with Gasteiger partial charge in [-0.1, -0.05) is 5.16 Å². The van der Waals surface area contributed by atoms with Crippen LogP contribution in [-0.2, 0) is 9.53 Å². The van der Waals surface area contributed by atoms with Crippen molar-refractivity contribution in [2.75, 3.05) is 11.9 Å². The summed E-state index contributed by atoms with van der Waals surface area (Å²) in [5.74, 6) is -0.868. The monoisotopic (exact) mass is 316 g/mol. The number of nitrogens with zero attached hydrogens (tertiary/aromatic N) is 1. The number of carbonyl (C=O) groups is 3. The Kier molecular flexibility index (Phi) is 4.90. The summed E-state index contributed by atoms with van der Waals surface area (Å²) in [6.07, 6.45) is 0. The highest BCUT2D eigenvalue weighted by Crippen LogP contribution is 2.14. The highest BCUT2D eigenvalue weighted by atomic mass is 16.5. The molecule has 7 heteroatoms. The van der Waals surface area contributed by atoms with Crippen molar-refractivity contribution in [2.24, 2.45) is 0 Å². The van der Waals surface area contributed by atoms with Gasteiger partial charge in [0.1, 0.15) is 11.3 Å². The van der Waals surface area contributed by atoms with Crippen molar-refractivity contribution in [1.82, 2.24) is 5.16 Å². The Morgan fingerprint density at radius 2 is 1.83 bits per heavy atom. The average molecular weight is 316 g/mol. The van der Waals surface area contributed by atoms with Gasteiger partial charge in [0.25, 0.3) is 5.91 Å². The lowest BCUT2D eigenvalue weighted by Crippen LogP contribution is -2.21. The Balaban J connectivity index is 1.90. The molecule has 1 aromatic carbocycles. The maximum Gasteiger partial charge on any atom is 0.344 e. The number of aryl methyl sites for hydroxylation is 2. The van der Waals surface area contributed by atoms with Gasteiger partial charge in [-0.3, -0.25) is 9.59 Å². The first-order valence-electron chi connectivity index (χ1n) is 6.89. The van der Waals surface area contributed by atoms with Gasteiger partial charge in [-0.05, 0) is 45.0 Å². The van der Waals surface area contributed by atoms with Crippen LogP contribution in [0.5, 0.6) is 0 Å². The normalized spacial score (nSPS) is 10.2. The number of esters is 1. The minimum Gasteiger partial charge on any atom is -0.452 e. The summed E-state index contributed by atoms with van der Waals surface area (Å²) < 4.78 is 9.81. The standard InChI is InChI=1S/C16H16N2O5/c1-9-15(11(3)23-18-9)16(21)22-8-14(20)17-13-6-4-12(5-7-13)10(2)19/h4-7H,8H2,1-3H3,(H,17,20). The highest BCUT2D eigenvalue weighted by molar-refractivity contribution is 5.97. The molecule has 0 spiro atoms.